The summed E-state index contributed by atoms with van der Waals surface area (Å²) >= 11 is 0. The first-order chi connectivity index (χ1) is 7.97. The fourth-order valence-corrected chi connectivity index (χ4v) is 1.58. The summed E-state index contributed by atoms with van der Waals surface area (Å²) in [6, 6.07) is -0.634. The standard InChI is InChI=1S/C11H19N3O3/c1-7-9(8(2)17-13-7)5-14(3)11(15)10(12)6-16-4/h10H,5-6,12H2,1-4H3. The summed E-state index contributed by atoms with van der Waals surface area (Å²) < 4.78 is 9.89. The molecule has 6 heteroatoms. The summed E-state index contributed by atoms with van der Waals surface area (Å²) in [4.78, 5) is 13.4. The third kappa shape index (κ3) is 3.28. The highest BCUT2D eigenvalue weighted by Crippen LogP contribution is 2.14. The third-order valence-electron chi connectivity index (χ3n) is 2.62. The van der Waals surface area contributed by atoms with E-state index in [2.05, 4.69) is 5.16 Å². The number of hydrogen-bond acceptors (Lipinski definition) is 5. The van der Waals surface area contributed by atoms with Crippen molar-refractivity contribution >= 4 is 5.91 Å². The van der Waals surface area contributed by atoms with Crippen molar-refractivity contribution in [1.29, 1.82) is 0 Å². The van der Waals surface area contributed by atoms with Crippen molar-refractivity contribution in [2.45, 2.75) is 26.4 Å². The summed E-state index contributed by atoms with van der Waals surface area (Å²) in [5.41, 5.74) is 7.39. The number of likely N-dealkylation sites (N-methyl/N-ethyl adjacent to an activating group) is 1. The lowest BCUT2D eigenvalue weighted by Gasteiger charge is -2.20. The maximum atomic E-state index is 11.9. The lowest BCUT2D eigenvalue weighted by Crippen LogP contribution is -2.44. The number of carbonyl (C=O) groups excluding carboxylic acids is 1. The number of nitrogens with two attached hydrogens (primary N) is 1. The highest BCUT2D eigenvalue weighted by Gasteiger charge is 2.20. The normalized spacial score (nSPS) is 12.5. The molecule has 2 N–H and O–H groups in total. The zero-order chi connectivity index (χ0) is 13.0. The van der Waals surface area contributed by atoms with Gasteiger partial charge in [-0.2, -0.15) is 0 Å². The molecule has 0 fully saturated rings. The van der Waals surface area contributed by atoms with E-state index in [-0.39, 0.29) is 12.5 Å². The first kappa shape index (κ1) is 13.7. The van der Waals surface area contributed by atoms with Crippen LogP contribution in [0.5, 0.6) is 0 Å². The molecule has 17 heavy (non-hydrogen) atoms. The van der Waals surface area contributed by atoms with Crippen molar-refractivity contribution in [3.05, 3.63) is 17.0 Å². The predicted octanol–water partition coefficient (Wildman–Crippen LogP) is 0.224. The average molecular weight is 241 g/mol. The van der Waals surface area contributed by atoms with E-state index in [0.717, 1.165) is 17.0 Å². The third-order valence-corrected chi connectivity index (χ3v) is 2.62. The Morgan fingerprint density at radius 1 is 1.59 bits per heavy atom. The number of hydrogen-bond donors (Lipinski definition) is 1. The van der Waals surface area contributed by atoms with Gasteiger partial charge in [0.2, 0.25) is 5.91 Å². The van der Waals surface area contributed by atoms with Crippen LogP contribution in [0.25, 0.3) is 0 Å². The number of methoxy groups -OCH3 is 1. The summed E-state index contributed by atoms with van der Waals surface area (Å²) in [5, 5.41) is 3.84. The van der Waals surface area contributed by atoms with Crippen molar-refractivity contribution in [2.75, 3.05) is 20.8 Å². The molecule has 0 bridgehead atoms. The molecule has 6 nitrogen and oxygen atoms in total. The van der Waals surface area contributed by atoms with Crippen molar-refractivity contribution in [3.63, 3.8) is 0 Å². The number of nitrogens with zero attached hydrogens (tertiary/aromatic N) is 2. The van der Waals surface area contributed by atoms with E-state index in [1.165, 1.54) is 7.11 Å². The first-order valence-corrected chi connectivity index (χ1v) is 5.38. The van der Waals surface area contributed by atoms with Crippen molar-refractivity contribution in [2.24, 2.45) is 5.73 Å². The van der Waals surface area contributed by atoms with Gasteiger partial charge in [-0.3, -0.25) is 4.79 Å². The minimum atomic E-state index is -0.634. The predicted molar refractivity (Wildman–Crippen MR) is 62.3 cm³/mol. The van der Waals surface area contributed by atoms with E-state index in [1.54, 1.807) is 11.9 Å². The number of aromatic nitrogens is 1. The molecule has 1 aromatic rings. The van der Waals surface area contributed by atoms with Crippen LogP contribution in [0, 0.1) is 13.8 Å². The van der Waals surface area contributed by atoms with E-state index in [0.29, 0.717) is 6.54 Å². The minimum absolute atomic E-state index is 0.160. The molecule has 1 heterocycles. The SMILES string of the molecule is COCC(N)C(=O)N(C)Cc1c(C)noc1C. The van der Waals surface area contributed by atoms with E-state index in [1.807, 2.05) is 13.8 Å². The largest absolute Gasteiger partial charge is 0.383 e. The van der Waals surface area contributed by atoms with Crippen LogP contribution in [0.4, 0.5) is 0 Å². The van der Waals surface area contributed by atoms with Gasteiger partial charge in [-0.1, -0.05) is 5.16 Å². The van der Waals surface area contributed by atoms with Gasteiger partial charge in [-0.15, -0.1) is 0 Å². The topological polar surface area (TPSA) is 81.6 Å². The molecule has 1 amide bonds. The monoisotopic (exact) mass is 241 g/mol. The van der Waals surface area contributed by atoms with Gasteiger partial charge in [-0.25, -0.2) is 0 Å². The quantitative estimate of drug-likeness (QED) is 0.797. The van der Waals surface area contributed by atoms with Gasteiger partial charge in [0.05, 0.1) is 18.8 Å². The van der Waals surface area contributed by atoms with E-state index < -0.39 is 6.04 Å². The summed E-state index contributed by atoms with van der Waals surface area (Å²) in [6.07, 6.45) is 0. The molecule has 1 atom stereocenters. The molecule has 0 aliphatic carbocycles. The van der Waals surface area contributed by atoms with Gasteiger partial charge in [0.15, 0.2) is 0 Å². The van der Waals surface area contributed by atoms with Crippen LogP contribution in [0.15, 0.2) is 4.52 Å². The number of amides is 1. The van der Waals surface area contributed by atoms with Crippen molar-refractivity contribution < 1.29 is 14.1 Å². The Balaban J connectivity index is 2.66. The zero-order valence-corrected chi connectivity index (χ0v) is 10.7. The molecule has 0 spiro atoms. The van der Waals surface area contributed by atoms with Gasteiger partial charge in [-0.05, 0) is 13.8 Å². The zero-order valence-electron chi connectivity index (χ0n) is 10.7. The van der Waals surface area contributed by atoms with Gasteiger partial charge >= 0.3 is 0 Å². The molecule has 1 rings (SSSR count). The molecule has 0 radical (unpaired) electrons. The molecule has 0 aromatic carbocycles. The fourth-order valence-electron chi connectivity index (χ4n) is 1.58. The Kier molecular flexibility index (Phi) is 4.65. The Labute approximate surface area is 101 Å². The van der Waals surface area contributed by atoms with Crippen molar-refractivity contribution in [1.82, 2.24) is 10.1 Å². The number of ether oxygens (including phenoxy) is 1. The minimum Gasteiger partial charge on any atom is -0.383 e. The van der Waals surface area contributed by atoms with Crippen LogP contribution in [0.3, 0.4) is 0 Å². The molecule has 96 valence electrons. The van der Waals surface area contributed by atoms with Crippen LogP contribution in [-0.2, 0) is 16.1 Å². The van der Waals surface area contributed by atoms with Gasteiger partial charge in [0.1, 0.15) is 11.8 Å². The maximum Gasteiger partial charge on any atom is 0.241 e. The number of aryl methyl sites for hydroxylation is 2. The van der Waals surface area contributed by atoms with Crippen LogP contribution >= 0.6 is 0 Å². The molecule has 1 unspecified atom stereocenters. The number of carbonyl (C=O) groups is 1. The molecular formula is C11H19N3O3. The Hall–Kier alpha value is -1.40. The molecular weight excluding hydrogens is 222 g/mol. The molecule has 0 saturated carbocycles. The average Bonchev–Trinajstić information content (AvgIpc) is 2.60. The van der Waals surface area contributed by atoms with Crippen LogP contribution < -0.4 is 5.73 Å². The second-order valence-corrected chi connectivity index (χ2v) is 4.06. The second-order valence-electron chi connectivity index (χ2n) is 4.06. The van der Waals surface area contributed by atoms with Gasteiger partial charge < -0.3 is 19.9 Å². The Morgan fingerprint density at radius 3 is 2.71 bits per heavy atom. The molecule has 1 aromatic heterocycles. The smallest absolute Gasteiger partial charge is 0.241 e. The lowest BCUT2D eigenvalue weighted by molar-refractivity contribution is -0.133. The summed E-state index contributed by atoms with van der Waals surface area (Å²) in [5.74, 6) is 0.564. The van der Waals surface area contributed by atoms with Crippen LogP contribution in [0.2, 0.25) is 0 Å². The first-order valence-electron chi connectivity index (χ1n) is 5.38. The van der Waals surface area contributed by atoms with Crippen molar-refractivity contribution in [3.8, 4) is 0 Å². The molecule has 0 saturated heterocycles. The summed E-state index contributed by atoms with van der Waals surface area (Å²) in [7, 11) is 3.21. The lowest BCUT2D eigenvalue weighted by atomic mass is 10.2. The van der Waals surface area contributed by atoms with Gasteiger partial charge in [0.25, 0.3) is 0 Å². The Morgan fingerprint density at radius 2 is 2.24 bits per heavy atom. The van der Waals surface area contributed by atoms with Gasteiger partial charge in [0, 0.05) is 19.7 Å². The highest BCUT2D eigenvalue weighted by molar-refractivity contribution is 5.81. The maximum absolute atomic E-state index is 11.9. The highest BCUT2D eigenvalue weighted by atomic mass is 16.5. The second kappa shape index (κ2) is 5.79. The number of rotatable bonds is 5. The van der Waals surface area contributed by atoms with E-state index >= 15 is 0 Å². The van der Waals surface area contributed by atoms with E-state index in [4.69, 9.17) is 15.0 Å². The Bertz CT molecular complexity index is 370. The summed E-state index contributed by atoms with van der Waals surface area (Å²) in [6.45, 7) is 4.32. The molecule has 0 aliphatic heterocycles. The van der Waals surface area contributed by atoms with E-state index in [9.17, 15) is 4.79 Å². The van der Waals surface area contributed by atoms with Crippen LogP contribution in [0.1, 0.15) is 17.0 Å². The molecule has 0 aliphatic rings. The van der Waals surface area contributed by atoms with Crippen LogP contribution in [-0.4, -0.2) is 42.8 Å². The fraction of sp³-hybridized carbons (Fsp3) is 0.636.